The number of ketones is 1. The quantitative estimate of drug-likeness (QED) is 0.222. The first kappa shape index (κ1) is 24.7. The molecule has 10 heteroatoms. The summed E-state index contributed by atoms with van der Waals surface area (Å²) < 4.78 is 47.6. The fraction of sp³-hybridized carbons (Fsp3) is 0.435. The Bertz CT molecular complexity index is 916. The summed E-state index contributed by atoms with van der Waals surface area (Å²) in [6.07, 6.45) is -1.10. The van der Waals surface area contributed by atoms with Crippen LogP contribution in [0.3, 0.4) is 0 Å². The lowest BCUT2D eigenvalue weighted by Crippen LogP contribution is -2.12. The Morgan fingerprint density at radius 3 is 2.00 bits per heavy atom. The molecule has 1 fully saturated rings. The van der Waals surface area contributed by atoms with Crippen molar-refractivity contribution in [1.29, 1.82) is 0 Å². The van der Waals surface area contributed by atoms with Gasteiger partial charge in [-0.15, -0.1) is 0 Å². The van der Waals surface area contributed by atoms with Gasteiger partial charge in [0.1, 0.15) is 17.6 Å². The molecule has 1 saturated heterocycles. The van der Waals surface area contributed by atoms with Crippen LogP contribution in [0.25, 0.3) is 0 Å². The Hall–Kier alpha value is -2.89. The lowest BCUT2D eigenvalue weighted by Gasteiger charge is -2.13. The summed E-state index contributed by atoms with van der Waals surface area (Å²) in [7, 11) is 6.06. The van der Waals surface area contributed by atoms with E-state index in [2.05, 4.69) is 0 Å². The molecular weight excluding hydrogens is 436 g/mol. The molecule has 10 nitrogen and oxygen atoms in total. The molecule has 1 aliphatic rings. The Morgan fingerprint density at radius 1 is 0.727 bits per heavy atom. The minimum absolute atomic E-state index is 0.0217. The third kappa shape index (κ3) is 6.56. The highest BCUT2D eigenvalue weighted by atomic mass is 16.7. The van der Waals surface area contributed by atoms with Crippen molar-refractivity contribution in [2.45, 2.75) is 12.2 Å². The molecule has 2 atom stereocenters. The number of rotatable bonds is 15. The summed E-state index contributed by atoms with van der Waals surface area (Å²) in [5, 5.41) is 0. The summed E-state index contributed by atoms with van der Waals surface area (Å²) in [6, 6.07) is 10.2. The van der Waals surface area contributed by atoms with Crippen LogP contribution in [0.4, 0.5) is 0 Å². The second-order valence-electron chi connectivity index (χ2n) is 6.91. The minimum Gasteiger partial charge on any atom is -0.467 e. The van der Waals surface area contributed by atoms with E-state index in [0.29, 0.717) is 28.6 Å². The van der Waals surface area contributed by atoms with Gasteiger partial charge in [0.05, 0.1) is 5.56 Å². The maximum absolute atomic E-state index is 13.2. The number of ether oxygens (including phenoxy) is 9. The lowest BCUT2D eigenvalue weighted by atomic mass is 10.0. The predicted molar refractivity (Wildman–Crippen MR) is 115 cm³/mol. The monoisotopic (exact) mass is 464 g/mol. The van der Waals surface area contributed by atoms with Gasteiger partial charge in [0, 0.05) is 34.5 Å². The molecule has 3 rings (SSSR count). The molecule has 0 amide bonds. The van der Waals surface area contributed by atoms with Gasteiger partial charge in [-0.2, -0.15) is 0 Å². The molecule has 0 aliphatic carbocycles. The van der Waals surface area contributed by atoms with Crippen molar-refractivity contribution in [1.82, 2.24) is 0 Å². The third-order valence-electron chi connectivity index (χ3n) is 4.61. The maximum atomic E-state index is 13.2. The van der Waals surface area contributed by atoms with Crippen molar-refractivity contribution in [3.63, 3.8) is 0 Å². The number of epoxide rings is 1. The standard InChI is InChI=1S/C23H28O10/c1-25-11-29-16-6-7-17(19(10-16)31-13-27-3)21(24)23-22(33-23)15-5-8-18(30-12-26-2)20(9-15)32-14-28-4/h5-10,22-23H,11-14H2,1-4H3/t22-,23-/m0/s1. The highest BCUT2D eigenvalue weighted by Gasteiger charge is 2.47. The molecule has 1 aliphatic heterocycles. The fourth-order valence-corrected chi connectivity index (χ4v) is 3.06. The summed E-state index contributed by atoms with van der Waals surface area (Å²) in [5.41, 5.74) is 1.13. The summed E-state index contributed by atoms with van der Waals surface area (Å²) in [5.74, 6) is 1.56. The van der Waals surface area contributed by atoms with Gasteiger partial charge >= 0.3 is 0 Å². The van der Waals surface area contributed by atoms with Crippen molar-refractivity contribution in [2.24, 2.45) is 0 Å². The zero-order valence-electron chi connectivity index (χ0n) is 19.0. The maximum Gasteiger partial charge on any atom is 0.198 e. The van der Waals surface area contributed by atoms with E-state index >= 15 is 0 Å². The molecule has 0 N–H and O–H groups in total. The molecule has 2 aromatic rings. The highest BCUT2D eigenvalue weighted by Crippen LogP contribution is 2.44. The van der Waals surface area contributed by atoms with Crippen molar-refractivity contribution >= 4 is 5.78 Å². The smallest absolute Gasteiger partial charge is 0.198 e. The van der Waals surface area contributed by atoms with E-state index in [9.17, 15) is 4.79 Å². The van der Waals surface area contributed by atoms with E-state index in [1.54, 1.807) is 30.3 Å². The van der Waals surface area contributed by atoms with Crippen LogP contribution in [0, 0.1) is 0 Å². The Kier molecular flexibility index (Phi) is 9.28. The second-order valence-corrected chi connectivity index (χ2v) is 6.91. The molecule has 0 unspecified atom stereocenters. The largest absolute Gasteiger partial charge is 0.467 e. The first-order valence-corrected chi connectivity index (χ1v) is 10.1. The second kappa shape index (κ2) is 12.4. The van der Waals surface area contributed by atoms with Gasteiger partial charge < -0.3 is 42.6 Å². The molecule has 33 heavy (non-hydrogen) atoms. The van der Waals surface area contributed by atoms with Gasteiger partial charge in [0.15, 0.2) is 50.6 Å². The van der Waals surface area contributed by atoms with Crippen LogP contribution < -0.4 is 18.9 Å². The molecular formula is C23H28O10. The van der Waals surface area contributed by atoms with Crippen LogP contribution in [0.5, 0.6) is 23.0 Å². The Labute approximate surface area is 192 Å². The summed E-state index contributed by atoms with van der Waals surface area (Å²) >= 11 is 0. The van der Waals surface area contributed by atoms with E-state index in [-0.39, 0.29) is 33.0 Å². The van der Waals surface area contributed by atoms with Gasteiger partial charge in [-0.3, -0.25) is 4.79 Å². The zero-order chi connectivity index (χ0) is 23.6. The van der Waals surface area contributed by atoms with Crippen LogP contribution in [-0.2, 0) is 23.7 Å². The normalized spacial score (nSPS) is 16.8. The van der Waals surface area contributed by atoms with Crippen LogP contribution >= 0.6 is 0 Å². The van der Waals surface area contributed by atoms with Crippen LogP contribution in [-0.4, -0.2) is 67.5 Å². The van der Waals surface area contributed by atoms with E-state index in [1.165, 1.54) is 28.4 Å². The van der Waals surface area contributed by atoms with E-state index in [1.807, 2.05) is 6.07 Å². The van der Waals surface area contributed by atoms with Crippen LogP contribution in [0.2, 0.25) is 0 Å². The number of methoxy groups -OCH3 is 4. The van der Waals surface area contributed by atoms with Crippen LogP contribution in [0.1, 0.15) is 22.0 Å². The van der Waals surface area contributed by atoms with Crippen molar-refractivity contribution in [2.75, 3.05) is 55.6 Å². The van der Waals surface area contributed by atoms with E-state index < -0.39 is 12.2 Å². The van der Waals surface area contributed by atoms with Gasteiger partial charge in [-0.05, 0) is 29.8 Å². The highest BCUT2D eigenvalue weighted by molar-refractivity contribution is 6.03. The number of carbonyl (C=O) groups is 1. The molecule has 2 aromatic carbocycles. The number of hydrogen-bond donors (Lipinski definition) is 0. The summed E-state index contributed by atoms with van der Waals surface area (Å²) in [4.78, 5) is 13.2. The molecule has 1 heterocycles. The first-order chi connectivity index (χ1) is 16.1. The first-order valence-electron chi connectivity index (χ1n) is 10.1. The topological polar surface area (TPSA) is 103 Å². The number of benzene rings is 2. The fourth-order valence-electron chi connectivity index (χ4n) is 3.06. The SMILES string of the molecule is COCOc1ccc(C(=O)[C@@H]2O[C@H]2c2ccc(OCOC)c(OCOC)c2)c(OCOC)c1. The minimum atomic E-state index is -0.665. The van der Waals surface area contributed by atoms with E-state index in [0.717, 1.165) is 5.56 Å². The van der Waals surface area contributed by atoms with Gasteiger partial charge in [0.25, 0.3) is 0 Å². The lowest BCUT2D eigenvalue weighted by molar-refractivity contribution is 0.0322. The zero-order valence-corrected chi connectivity index (χ0v) is 19.0. The van der Waals surface area contributed by atoms with Crippen LogP contribution in [0.15, 0.2) is 36.4 Å². The number of hydrogen-bond acceptors (Lipinski definition) is 10. The average Bonchev–Trinajstić information content (AvgIpc) is 3.64. The molecule has 0 bridgehead atoms. The van der Waals surface area contributed by atoms with Gasteiger partial charge in [0.2, 0.25) is 0 Å². The van der Waals surface area contributed by atoms with Gasteiger partial charge in [-0.25, -0.2) is 0 Å². The average molecular weight is 464 g/mol. The number of carbonyl (C=O) groups excluding carboxylic acids is 1. The third-order valence-corrected chi connectivity index (χ3v) is 4.61. The molecule has 0 spiro atoms. The molecule has 0 aromatic heterocycles. The number of Topliss-reactive ketones (excluding diaryl/α,β-unsaturated/α-hetero) is 1. The predicted octanol–water partition coefficient (Wildman–Crippen LogP) is 2.94. The Balaban J connectivity index is 1.76. The van der Waals surface area contributed by atoms with Crippen molar-refractivity contribution < 1.29 is 47.4 Å². The molecule has 0 saturated carbocycles. The summed E-state index contributed by atoms with van der Waals surface area (Å²) in [6.45, 7) is 0.158. The molecule has 0 radical (unpaired) electrons. The van der Waals surface area contributed by atoms with Crippen molar-refractivity contribution in [3.8, 4) is 23.0 Å². The van der Waals surface area contributed by atoms with Gasteiger partial charge in [-0.1, -0.05) is 6.07 Å². The Morgan fingerprint density at radius 2 is 1.33 bits per heavy atom. The van der Waals surface area contributed by atoms with E-state index in [4.69, 9.17) is 42.6 Å². The molecule has 180 valence electrons. The van der Waals surface area contributed by atoms with Crippen molar-refractivity contribution in [3.05, 3.63) is 47.5 Å².